The first-order valence-electron chi connectivity index (χ1n) is 5.90. The molecule has 0 atom stereocenters. The van der Waals surface area contributed by atoms with E-state index in [9.17, 15) is 9.18 Å². The first-order chi connectivity index (χ1) is 9.52. The number of hydrogen-bond acceptors (Lipinski definition) is 2. The summed E-state index contributed by atoms with van der Waals surface area (Å²) in [6.07, 6.45) is 0. The van der Waals surface area contributed by atoms with Crippen molar-refractivity contribution in [2.75, 3.05) is 19.1 Å². The highest BCUT2D eigenvalue weighted by molar-refractivity contribution is 9.10. The molecule has 0 saturated carbocycles. The number of hydrogen-bond donors (Lipinski definition) is 0. The second-order valence-electron chi connectivity index (χ2n) is 4.19. The van der Waals surface area contributed by atoms with E-state index in [4.69, 9.17) is 4.74 Å². The molecule has 0 aliphatic carbocycles. The largest absolute Gasteiger partial charge is 0.497 e. The van der Waals surface area contributed by atoms with Gasteiger partial charge >= 0.3 is 0 Å². The predicted molar refractivity (Wildman–Crippen MR) is 79.8 cm³/mol. The van der Waals surface area contributed by atoms with Gasteiger partial charge < -0.3 is 9.64 Å². The van der Waals surface area contributed by atoms with Gasteiger partial charge in [0.25, 0.3) is 5.91 Å². The van der Waals surface area contributed by atoms with Crippen LogP contribution in [0.3, 0.4) is 0 Å². The van der Waals surface area contributed by atoms with Crippen molar-refractivity contribution in [2.24, 2.45) is 0 Å². The maximum absolute atomic E-state index is 12.9. The van der Waals surface area contributed by atoms with Crippen molar-refractivity contribution < 1.29 is 13.9 Å². The molecule has 0 heterocycles. The molecule has 2 aromatic rings. The van der Waals surface area contributed by atoms with E-state index in [1.54, 1.807) is 44.5 Å². The number of methoxy groups -OCH3 is 1. The summed E-state index contributed by atoms with van der Waals surface area (Å²) in [7, 11) is 3.18. The zero-order valence-electron chi connectivity index (χ0n) is 11.1. The maximum atomic E-state index is 12.9. The van der Waals surface area contributed by atoms with Gasteiger partial charge in [0.1, 0.15) is 11.6 Å². The Labute approximate surface area is 125 Å². The molecule has 0 radical (unpaired) electrons. The number of benzene rings is 2. The highest BCUT2D eigenvalue weighted by Gasteiger charge is 2.17. The number of halogens is 2. The third kappa shape index (κ3) is 2.99. The molecule has 2 aromatic carbocycles. The van der Waals surface area contributed by atoms with Crippen molar-refractivity contribution >= 4 is 27.5 Å². The minimum Gasteiger partial charge on any atom is -0.497 e. The minimum absolute atomic E-state index is 0.206. The van der Waals surface area contributed by atoms with Crippen LogP contribution in [0.2, 0.25) is 0 Å². The van der Waals surface area contributed by atoms with Gasteiger partial charge in [-0.1, -0.05) is 0 Å². The van der Waals surface area contributed by atoms with Gasteiger partial charge in [-0.2, -0.15) is 0 Å². The van der Waals surface area contributed by atoms with Crippen LogP contribution in [0.15, 0.2) is 46.9 Å². The van der Waals surface area contributed by atoms with E-state index in [-0.39, 0.29) is 11.7 Å². The molecule has 0 aromatic heterocycles. The van der Waals surface area contributed by atoms with E-state index in [1.807, 2.05) is 0 Å². The summed E-state index contributed by atoms with van der Waals surface area (Å²) in [6.45, 7) is 0. The Hall–Kier alpha value is -1.88. The van der Waals surface area contributed by atoms with Gasteiger partial charge in [0.05, 0.1) is 12.7 Å². The van der Waals surface area contributed by atoms with Crippen LogP contribution in [-0.4, -0.2) is 20.1 Å². The molecule has 0 unspecified atom stereocenters. The Balaban J connectivity index is 2.33. The molecular formula is C15H13BrFNO2. The quantitative estimate of drug-likeness (QED) is 0.850. The summed E-state index contributed by atoms with van der Waals surface area (Å²) in [5.41, 5.74) is 1.10. The molecule has 5 heteroatoms. The van der Waals surface area contributed by atoms with Gasteiger partial charge in [0, 0.05) is 17.2 Å². The van der Waals surface area contributed by atoms with Gasteiger partial charge in [-0.05, 0) is 58.4 Å². The number of ether oxygens (including phenoxy) is 1. The first kappa shape index (κ1) is 14.5. The fourth-order valence-corrected chi connectivity index (χ4v) is 2.17. The highest BCUT2D eigenvalue weighted by atomic mass is 79.9. The summed E-state index contributed by atoms with van der Waals surface area (Å²) in [4.78, 5) is 13.9. The second-order valence-corrected chi connectivity index (χ2v) is 5.04. The molecule has 0 aliphatic rings. The average molecular weight is 338 g/mol. The smallest absolute Gasteiger partial charge is 0.259 e. The Morgan fingerprint density at radius 1 is 1.20 bits per heavy atom. The molecule has 0 bridgehead atoms. The number of amides is 1. The van der Waals surface area contributed by atoms with Crippen LogP contribution in [0.25, 0.3) is 0 Å². The van der Waals surface area contributed by atoms with Crippen molar-refractivity contribution in [3.63, 3.8) is 0 Å². The van der Waals surface area contributed by atoms with E-state index < -0.39 is 0 Å². The van der Waals surface area contributed by atoms with Gasteiger partial charge in [-0.3, -0.25) is 4.79 Å². The van der Waals surface area contributed by atoms with E-state index in [1.165, 1.54) is 17.0 Å². The monoisotopic (exact) mass is 337 g/mol. The number of carbonyl (C=O) groups is 1. The third-order valence-electron chi connectivity index (χ3n) is 2.92. The maximum Gasteiger partial charge on any atom is 0.259 e. The molecule has 3 nitrogen and oxygen atoms in total. The molecule has 0 N–H and O–H groups in total. The van der Waals surface area contributed by atoms with Crippen molar-refractivity contribution in [1.82, 2.24) is 0 Å². The van der Waals surface area contributed by atoms with Crippen LogP contribution in [0.5, 0.6) is 5.75 Å². The van der Waals surface area contributed by atoms with Crippen LogP contribution in [0, 0.1) is 5.82 Å². The van der Waals surface area contributed by atoms with Crippen molar-refractivity contribution in [3.8, 4) is 5.75 Å². The summed E-state index contributed by atoms with van der Waals surface area (Å²) in [5.74, 6) is 0.0589. The Morgan fingerprint density at radius 2 is 1.85 bits per heavy atom. The summed E-state index contributed by atoms with van der Waals surface area (Å²) in [6, 6.07) is 10.9. The topological polar surface area (TPSA) is 29.5 Å². The van der Waals surface area contributed by atoms with E-state index in [0.717, 1.165) is 0 Å². The van der Waals surface area contributed by atoms with Crippen LogP contribution in [0.4, 0.5) is 10.1 Å². The van der Waals surface area contributed by atoms with Crippen molar-refractivity contribution in [2.45, 2.75) is 0 Å². The van der Waals surface area contributed by atoms with Crippen LogP contribution in [-0.2, 0) is 0 Å². The molecule has 2 rings (SSSR count). The SMILES string of the molecule is COc1ccc(Br)c(C(=O)N(C)c2ccc(F)cc2)c1. The average Bonchev–Trinajstić information content (AvgIpc) is 2.47. The van der Waals surface area contributed by atoms with E-state index in [0.29, 0.717) is 21.5 Å². The fraction of sp³-hybridized carbons (Fsp3) is 0.133. The Bertz CT molecular complexity index is 628. The van der Waals surface area contributed by atoms with Crippen molar-refractivity contribution in [1.29, 1.82) is 0 Å². The zero-order chi connectivity index (χ0) is 14.7. The normalized spacial score (nSPS) is 10.2. The lowest BCUT2D eigenvalue weighted by molar-refractivity contribution is 0.0992. The molecule has 0 spiro atoms. The zero-order valence-corrected chi connectivity index (χ0v) is 12.6. The highest BCUT2D eigenvalue weighted by Crippen LogP contribution is 2.25. The number of carbonyl (C=O) groups excluding carboxylic acids is 1. The van der Waals surface area contributed by atoms with Crippen molar-refractivity contribution in [3.05, 3.63) is 58.3 Å². The Kier molecular flexibility index (Phi) is 4.39. The third-order valence-corrected chi connectivity index (χ3v) is 3.61. The van der Waals surface area contributed by atoms with Crippen LogP contribution >= 0.6 is 15.9 Å². The molecule has 0 saturated heterocycles. The molecule has 104 valence electrons. The summed E-state index contributed by atoms with van der Waals surface area (Å²) >= 11 is 3.35. The summed E-state index contributed by atoms with van der Waals surface area (Å²) in [5, 5.41) is 0. The predicted octanol–water partition coefficient (Wildman–Crippen LogP) is 3.87. The number of anilines is 1. The van der Waals surface area contributed by atoms with Gasteiger partial charge in [0.15, 0.2) is 0 Å². The number of rotatable bonds is 3. The van der Waals surface area contributed by atoms with Gasteiger partial charge in [-0.15, -0.1) is 0 Å². The minimum atomic E-state index is -0.336. The standard InChI is InChI=1S/C15H13BrFNO2/c1-18(11-5-3-10(17)4-6-11)15(19)13-9-12(20-2)7-8-14(13)16/h3-9H,1-2H3. The number of nitrogens with zero attached hydrogens (tertiary/aromatic N) is 1. The van der Waals surface area contributed by atoms with Crippen LogP contribution < -0.4 is 9.64 Å². The lowest BCUT2D eigenvalue weighted by atomic mass is 10.1. The molecular weight excluding hydrogens is 325 g/mol. The molecule has 20 heavy (non-hydrogen) atoms. The molecule has 0 aliphatic heterocycles. The molecule has 1 amide bonds. The molecule has 0 fully saturated rings. The fourth-order valence-electron chi connectivity index (χ4n) is 1.76. The Morgan fingerprint density at radius 3 is 2.45 bits per heavy atom. The van der Waals surface area contributed by atoms with Gasteiger partial charge in [0.2, 0.25) is 0 Å². The lowest BCUT2D eigenvalue weighted by Crippen LogP contribution is -2.26. The van der Waals surface area contributed by atoms with Crippen LogP contribution in [0.1, 0.15) is 10.4 Å². The van der Waals surface area contributed by atoms with Gasteiger partial charge in [-0.25, -0.2) is 4.39 Å². The lowest BCUT2D eigenvalue weighted by Gasteiger charge is -2.18. The first-order valence-corrected chi connectivity index (χ1v) is 6.69. The summed E-state index contributed by atoms with van der Waals surface area (Å²) < 4.78 is 18.7. The van der Waals surface area contributed by atoms with E-state index >= 15 is 0 Å². The second kappa shape index (κ2) is 6.05. The van der Waals surface area contributed by atoms with E-state index in [2.05, 4.69) is 15.9 Å².